The van der Waals surface area contributed by atoms with Crippen LogP contribution in [0.15, 0.2) is 4.90 Å². The number of aromatic nitrogens is 2. The van der Waals surface area contributed by atoms with Gasteiger partial charge in [0.2, 0.25) is 10.0 Å². The minimum Gasteiger partial charge on any atom is -0.383 e. The quantitative estimate of drug-likeness (QED) is 0.645. The van der Waals surface area contributed by atoms with Crippen molar-refractivity contribution in [2.45, 2.75) is 38.3 Å². The fourth-order valence-corrected chi connectivity index (χ4v) is 3.65. The predicted molar refractivity (Wildman–Crippen MR) is 76.9 cm³/mol. The zero-order valence-corrected chi connectivity index (χ0v) is 13.5. The zero-order valence-electron chi connectivity index (χ0n) is 12.6. The molecule has 0 amide bonds. The maximum atomic E-state index is 12.5. The van der Waals surface area contributed by atoms with Crippen molar-refractivity contribution in [3.8, 4) is 0 Å². The van der Waals surface area contributed by atoms with Crippen LogP contribution < -0.4 is 10.0 Å². The van der Waals surface area contributed by atoms with Gasteiger partial charge in [-0.15, -0.1) is 0 Å². The van der Waals surface area contributed by atoms with Crippen LogP contribution in [0.3, 0.4) is 0 Å². The van der Waals surface area contributed by atoms with E-state index >= 15 is 0 Å². The molecule has 0 radical (unpaired) electrons. The summed E-state index contributed by atoms with van der Waals surface area (Å²) in [7, 11) is -0.330. The molecule has 3 N–H and O–H groups in total. The molecule has 0 fully saturated rings. The van der Waals surface area contributed by atoms with Crippen LogP contribution in [-0.2, 0) is 21.3 Å². The second kappa shape index (κ2) is 7.16. The van der Waals surface area contributed by atoms with Crippen LogP contribution in [0.2, 0.25) is 0 Å². The molecule has 1 unspecified atom stereocenters. The van der Waals surface area contributed by atoms with E-state index in [0.717, 1.165) is 0 Å². The summed E-state index contributed by atoms with van der Waals surface area (Å²) in [6.45, 7) is 6.31. The van der Waals surface area contributed by atoms with Gasteiger partial charge in [0.25, 0.3) is 0 Å². The number of hydrogen-bond donors (Lipinski definition) is 3. The normalized spacial score (nSPS) is 13.9. The Morgan fingerprint density at radius 2 is 2.05 bits per heavy atom. The lowest BCUT2D eigenvalue weighted by molar-refractivity contribution is 0.157. The Balaban J connectivity index is 3.07. The number of sulfonamides is 1. The maximum absolute atomic E-state index is 12.5. The monoisotopic (exact) mass is 304 g/mol. The van der Waals surface area contributed by atoms with E-state index in [9.17, 15) is 8.42 Å². The highest BCUT2D eigenvalue weighted by molar-refractivity contribution is 7.89. The van der Waals surface area contributed by atoms with Crippen LogP contribution in [0.4, 0.5) is 0 Å². The Bertz CT molecular complexity index is 525. The molecule has 1 atom stereocenters. The standard InChI is InChI=1S/C12H24N4O3S/c1-8(2)11(7-19-5)16-20(17,18)12-9(3)14-15-10(12)6-13-4/h8,11,13,16H,6-7H2,1-5H3,(H,14,15). The van der Waals surface area contributed by atoms with Crippen LogP contribution in [0.5, 0.6) is 0 Å². The molecular formula is C12H24N4O3S. The SMILES string of the molecule is CNCc1n[nH]c(C)c1S(=O)(=O)NC(COC)C(C)C. The topological polar surface area (TPSA) is 96.1 Å². The summed E-state index contributed by atoms with van der Waals surface area (Å²) in [4.78, 5) is 0.216. The number of rotatable bonds is 8. The molecule has 1 aromatic heterocycles. The Labute approximate surface area is 120 Å². The Morgan fingerprint density at radius 1 is 1.40 bits per heavy atom. The van der Waals surface area contributed by atoms with Gasteiger partial charge in [0.15, 0.2) is 0 Å². The fraction of sp³-hybridized carbons (Fsp3) is 0.750. The van der Waals surface area contributed by atoms with E-state index in [0.29, 0.717) is 24.5 Å². The largest absolute Gasteiger partial charge is 0.383 e. The van der Waals surface area contributed by atoms with Crippen LogP contribution in [0.25, 0.3) is 0 Å². The summed E-state index contributed by atoms with van der Waals surface area (Å²) in [6.07, 6.45) is 0. The van der Waals surface area contributed by atoms with Gasteiger partial charge in [-0.2, -0.15) is 5.10 Å². The van der Waals surface area contributed by atoms with Gasteiger partial charge in [0.1, 0.15) is 4.90 Å². The third-order valence-electron chi connectivity index (χ3n) is 3.03. The molecule has 7 nitrogen and oxygen atoms in total. The number of nitrogens with zero attached hydrogens (tertiary/aromatic N) is 1. The first kappa shape index (κ1) is 17.1. The van der Waals surface area contributed by atoms with Crippen molar-refractivity contribution < 1.29 is 13.2 Å². The number of ether oxygens (including phenoxy) is 1. The Kier molecular flexibility index (Phi) is 6.12. The van der Waals surface area contributed by atoms with Crippen molar-refractivity contribution >= 4 is 10.0 Å². The second-order valence-corrected chi connectivity index (χ2v) is 6.73. The van der Waals surface area contributed by atoms with Crippen molar-refractivity contribution in [2.75, 3.05) is 20.8 Å². The van der Waals surface area contributed by atoms with Gasteiger partial charge in [0, 0.05) is 19.7 Å². The highest BCUT2D eigenvalue weighted by Gasteiger charge is 2.28. The summed E-state index contributed by atoms with van der Waals surface area (Å²) in [5, 5.41) is 9.67. The summed E-state index contributed by atoms with van der Waals surface area (Å²) >= 11 is 0. The van der Waals surface area contributed by atoms with Crippen LogP contribution in [-0.4, -0.2) is 45.4 Å². The van der Waals surface area contributed by atoms with Crippen molar-refractivity contribution in [3.05, 3.63) is 11.4 Å². The second-order valence-electron chi connectivity index (χ2n) is 5.08. The van der Waals surface area contributed by atoms with Crippen molar-refractivity contribution in [1.29, 1.82) is 0 Å². The van der Waals surface area contributed by atoms with Gasteiger partial charge in [-0.3, -0.25) is 5.10 Å². The molecule has 0 saturated carbocycles. The molecule has 0 saturated heterocycles. The average molecular weight is 304 g/mol. The Morgan fingerprint density at radius 3 is 2.55 bits per heavy atom. The summed E-state index contributed by atoms with van der Waals surface area (Å²) in [6, 6.07) is -0.276. The van der Waals surface area contributed by atoms with Gasteiger partial charge in [-0.25, -0.2) is 13.1 Å². The molecule has 0 spiro atoms. The molecule has 1 rings (SSSR count). The fourth-order valence-electron chi connectivity index (χ4n) is 1.91. The van der Waals surface area contributed by atoms with Gasteiger partial charge >= 0.3 is 0 Å². The number of nitrogens with one attached hydrogen (secondary N) is 3. The number of methoxy groups -OCH3 is 1. The molecule has 20 heavy (non-hydrogen) atoms. The summed E-state index contributed by atoms with van der Waals surface area (Å²) in [5.74, 6) is 0.129. The maximum Gasteiger partial charge on any atom is 0.244 e. The predicted octanol–water partition coefficient (Wildman–Crippen LogP) is 0.387. The smallest absolute Gasteiger partial charge is 0.244 e. The molecule has 0 aliphatic carbocycles. The molecule has 116 valence electrons. The Hall–Kier alpha value is -0.960. The lowest BCUT2D eigenvalue weighted by Gasteiger charge is -2.21. The van der Waals surface area contributed by atoms with E-state index < -0.39 is 10.0 Å². The first-order valence-corrected chi connectivity index (χ1v) is 8.01. The lowest BCUT2D eigenvalue weighted by Crippen LogP contribution is -2.42. The first-order valence-electron chi connectivity index (χ1n) is 6.53. The minimum atomic E-state index is -3.63. The van der Waals surface area contributed by atoms with E-state index in [1.807, 2.05) is 13.8 Å². The van der Waals surface area contributed by atoms with E-state index in [1.54, 1.807) is 21.1 Å². The highest BCUT2D eigenvalue weighted by atomic mass is 32.2. The van der Waals surface area contributed by atoms with E-state index in [4.69, 9.17) is 4.74 Å². The van der Waals surface area contributed by atoms with Crippen LogP contribution >= 0.6 is 0 Å². The number of aryl methyl sites for hydroxylation is 1. The summed E-state index contributed by atoms with van der Waals surface area (Å²) in [5.41, 5.74) is 1.01. The van der Waals surface area contributed by atoms with Gasteiger partial charge in [-0.05, 0) is 19.9 Å². The molecule has 0 bridgehead atoms. The van der Waals surface area contributed by atoms with Crippen molar-refractivity contribution in [2.24, 2.45) is 5.92 Å². The molecule has 0 aliphatic heterocycles. The molecular weight excluding hydrogens is 280 g/mol. The molecule has 0 aromatic carbocycles. The van der Waals surface area contributed by atoms with Crippen LogP contribution in [0, 0.1) is 12.8 Å². The third-order valence-corrected chi connectivity index (χ3v) is 4.72. The number of H-pyrrole nitrogens is 1. The molecule has 0 aliphatic rings. The van der Waals surface area contributed by atoms with Crippen LogP contribution in [0.1, 0.15) is 25.2 Å². The van der Waals surface area contributed by atoms with Crippen molar-refractivity contribution in [3.63, 3.8) is 0 Å². The van der Waals surface area contributed by atoms with Gasteiger partial charge in [-0.1, -0.05) is 13.8 Å². The molecule has 8 heteroatoms. The van der Waals surface area contributed by atoms with Gasteiger partial charge in [0.05, 0.1) is 18.0 Å². The zero-order chi connectivity index (χ0) is 15.3. The highest BCUT2D eigenvalue weighted by Crippen LogP contribution is 2.19. The number of aromatic amines is 1. The van der Waals surface area contributed by atoms with E-state index in [2.05, 4.69) is 20.2 Å². The summed E-state index contributed by atoms with van der Waals surface area (Å²) < 4.78 is 32.9. The van der Waals surface area contributed by atoms with Gasteiger partial charge < -0.3 is 10.1 Å². The molecule has 1 heterocycles. The number of hydrogen-bond acceptors (Lipinski definition) is 5. The van der Waals surface area contributed by atoms with E-state index in [-0.39, 0.29) is 16.9 Å². The van der Waals surface area contributed by atoms with E-state index in [1.165, 1.54) is 0 Å². The molecule has 1 aromatic rings. The first-order chi connectivity index (χ1) is 9.33. The van der Waals surface area contributed by atoms with Crippen molar-refractivity contribution in [1.82, 2.24) is 20.2 Å². The average Bonchev–Trinajstić information content (AvgIpc) is 2.71. The third kappa shape index (κ3) is 4.02. The minimum absolute atomic E-state index is 0.129. The lowest BCUT2D eigenvalue weighted by atomic mass is 10.1.